The van der Waals surface area contributed by atoms with E-state index in [4.69, 9.17) is 0 Å². The minimum atomic E-state index is 0.292. The van der Waals surface area contributed by atoms with Crippen LogP contribution in [0.15, 0.2) is 37.2 Å². The van der Waals surface area contributed by atoms with Gasteiger partial charge in [-0.1, -0.05) is 6.42 Å². The summed E-state index contributed by atoms with van der Waals surface area (Å²) >= 11 is 0. The molecule has 2 N–H and O–H groups in total. The van der Waals surface area contributed by atoms with E-state index >= 15 is 0 Å². The first-order chi connectivity index (χ1) is 12.3. The Morgan fingerprint density at radius 2 is 2.04 bits per heavy atom. The molecule has 128 valence electrons. The Labute approximate surface area is 146 Å². The third-order valence-corrected chi connectivity index (χ3v) is 5.70. The number of aromatic amines is 1. The number of anilines is 1. The van der Waals surface area contributed by atoms with Crippen LogP contribution >= 0.6 is 0 Å². The number of pyridine rings is 1. The molecular formula is C19H22N6. The van der Waals surface area contributed by atoms with E-state index in [1.807, 2.05) is 24.8 Å². The van der Waals surface area contributed by atoms with Crippen LogP contribution in [0.25, 0.3) is 22.2 Å². The second-order valence-corrected chi connectivity index (χ2v) is 7.22. The summed E-state index contributed by atoms with van der Waals surface area (Å²) in [6.45, 7) is 3.31. The average molecular weight is 334 g/mol. The molecule has 0 aliphatic carbocycles. The third kappa shape index (κ3) is 2.48. The summed E-state index contributed by atoms with van der Waals surface area (Å²) in [4.78, 5) is 18.7. The number of nitrogens with zero attached hydrogens (tertiary/aromatic N) is 4. The highest BCUT2D eigenvalue weighted by Gasteiger charge is 2.39. The van der Waals surface area contributed by atoms with Crippen molar-refractivity contribution in [3.05, 3.63) is 37.2 Å². The average Bonchev–Trinajstić information content (AvgIpc) is 3.28. The molecule has 3 aromatic rings. The molecule has 2 saturated heterocycles. The number of fused-ring (bicyclic) bond motifs is 1. The Morgan fingerprint density at radius 1 is 1.12 bits per heavy atom. The lowest BCUT2D eigenvalue weighted by Gasteiger charge is -2.35. The van der Waals surface area contributed by atoms with Crippen molar-refractivity contribution >= 4 is 16.7 Å². The number of nitrogens with one attached hydrogen (secondary N) is 2. The number of hydrogen-bond donors (Lipinski definition) is 2. The van der Waals surface area contributed by atoms with Gasteiger partial charge in [-0.3, -0.25) is 0 Å². The van der Waals surface area contributed by atoms with Crippen molar-refractivity contribution in [3.63, 3.8) is 0 Å². The van der Waals surface area contributed by atoms with E-state index in [-0.39, 0.29) is 0 Å². The van der Waals surface area contributed by atoms with E-state index in [2.05, 4.69) is 36.2 Å². The zero-order valence-electron chi connectivity index (χ0n) is 14.2. The highest BCUT2D eigenvalue weighted by Crippen LogP contribution is 2.38. The normalized spacial score (nSPS) is 23.6. The maximum Gasteiger partial charge on any atom is 0.139 e. The van der Waals surface area contributed by atoms with Crippen molar-refractivity contribution < 1.29 is 0 Å². The van der Waals surface area contributed by atoms with Gasteiger partial charge in [0.2, 0.25) is 0 Å². The lowest BCUT2D eigenvalue weighted by atomic mass is 9.88. The summed E-state index contributed by atoms with van der Waals surface area (Å²) in [5.41, 5.74) is 4.62. The molecule has 0 saturated carbocycles. The quantitative estimate of drug-likeness (QED) is 0.754. The first kappa shape index (κ1) is 14.8. The molecule has 1 atom stereocenters. The van der Waals surface area contributed by atoms with Gasteiger partial charge in [0.05, 0.1) is 5.39 Å². The largest absolute Gasteiger partial charge is 0.369 e. The molecule has 0 bridgehead atoms. The number of piperidine rings is 1. The minimum absolute atomic E-state index is 0.292. The van der Waals surface area contributed by atoms with Crippen LogP contribution in [0.4, 0.5) is 5.69 Å². The summed E-state index contributed by atoms with van der Waals surface area (Å²) in [5.74, 6) is 0. The molecule has 2 aliphatic rings. The number of rotatable bonds is 2. The summed E-state index contributed by atoms with van der Waals surface area (Å²) in [7, 11) is 0. The van der Waals surface area contributed by atoms with Crippen molar-refractivity contribution in [2.24, 2.45) is 0 Å². The molecule has 3 aromatic heterocycles. The van der Waals surface area contributed by atoms with Gasteiger partial charge >= 0.3 is 0 Å². The van der Waals surface area contributed by atoms with E-state index < -0.39 is 0 Å². The van der Waals surface area contributed by atoms with Crippen LogP contribution in [0, 0.1) is 0 Å². The zero-order valence-corrected chi connectivity index (χ0v) is 14.2. The Kier molecular flexibility index (Phi) is 3.45. The third-order valence-electron chi connectivity index (χ3n) is 5.70. The van der Waals surface area contributed by atoms with Gasteiger partial charge in [-0.15, -0.1) is 0 Å². The second kappa shape index (κ2) is 5.81. The minimum Gasteiger partial charge on any atom is -0.369 e. The molecule has 0 radical (unpaired) electrons. The van der Waals surface area contributed by atoms with Gasteiger partial charge in [0.1, 0.15) is 12.0 Å². The molecule has 5 rings (SSSR count). The smallest absolute Gasteiger partial charge is 0.139 e. The van der Waals surface area contributed by atoms with E-state index in [0.29, 0.717) is 5.54 Å². The van der Waals surface area contributed by atoms with Crippen LogP contribution in [-0.4, -0.2) is 45.1 Å². The molecule has 2 aliphatic heterocycles. The van der Waals surface area contributed by atoms with Crippen molar-refractivity contribution in [3.8, 4) is 11.1 Å². The lowest BCUT2D eigenvalue weighted by molar-refractivity contribution is 0.280. The van der Waals surface area contributed by atoms with E-state index in [1.54, 1.807) is 6.33 Å². The standard InChI is InChI=1S/C19H22N6/c1-2-6-24-19(4-1)5-8-25(12-19)16-3-7-22-18-17(16)15(11-23-18)14-9-20-13-21-10-14/h3,7,9-11,13,24H,1-2,4-6,8,12H2,(H,22,23). The number of hydrogen-bond acceptors (Lipinski definition) is 5. The Bertz CT molecular complexity index is 881. The van der Waals surface area contributed by atoms with Crippen molar-refractivity contribution in [2.75, 3.05) is 24.5 Å². The Hall–Kier alpha value is -2.47. The van der Waals surface area contributed by atoms with Gasteiger partial charge in [0, 0.05) is 60.2 Å². The zero-order chi connectivity index (χ0) is 16.7. The van der Waals surface area contributed by atoms with Crippen LogP contribution < -0.4 is 10.2 Å². The molecule has 0 amide bonds. The van der Waals surface area contributed by atoms with Crippen LogP contribution in [0.5, 0.6) is 0 Å². The van der Waals surface area contributed by atoms with Crippen molar-refractivity contribution in [1.82, 2.24) is 25.3 Å². The van der Waals surface area contributed by atoms with Crippen LogP contribution in [0.1, 0.15) is 25.7 Å². The van der Waals surface area contributed by atoms with E-state index in [0.717, 1.165) is 36.4 Å². The molecule has 1 unspecified atom stereocenters. The molecule has 1 spiro atoms. The molecule has 6 nitrogen and oxygen atoms in total. The maximum absolute atomic E-state index is 4.52. The molecule has 25 heavy (non-hydrogen) atoms. The lowest BCUT2D eigenvalue weighted by Crippen LogP contribution is -2.50. The summed E-state index contributed by atoms with van der Waals surface area (Å²) in [5, 5.41) is 4.97. The maximum atomic E-state index is 4.52. The van der Waals surface area contributed by atoms with Gasteiger partial charge in [-0.2, -0.15) is 0 Å². The highest BCUT2D eigenvalue weighted by molar-refractivity contribution is 6.02. The van der Waals surface area contributed by atoms with Gasteiger partial charge in [-0.25, -0.2) is 15.0 Å². The predicted molar refractivity (Wildman–Crippen MR) is 98.5 cm³/mol. The van der Waals surface area contributed by atoms with E-state index in [1.165, 1.54) is 36.8 Å². The summed E-state index contributed by atoms with van der Waals surface area (Å²) in [6.07, 6.45) is 14.3. The SMILES string of the molecule is c1ncc(-c2c[nH]c3nccc(N4CCC5(CCCCN5)C4)c23)cn1. The fraction of sp³-hybridized carbons (Fsp3) is 0.421. The number of aromatic nitrogens is 4. The van der Waals surface area contributed by atoms with Crippen LogP contribution in [0.2, 0.25) is 0 Å². The Balaban J connectivity index is 1.57. The highest BCUT2D eigenvalue weighted by atomic mass is 15.2. The second-order valence-electron chi connectivity index (χ2n) is 7.22. The van der Waals surface area contributed by atoms with Gasteiger partial charge in [-0.05, 0) is 31.9 Å². The van der Waals surface area contributed by atoms with Crippen LogP contribution in [-0.2, 0) is 0 Å². The molecule has 2 fully saturated rings. The number of H-pyrrole nitrogens is 1. The first-order valence-corrected chi connectivity index (χ1v) is 9.06. The first-order valence-electron chi connectivity index (χ1n) is 9.06. The summed E-state index contributed by atoms with van der Waals surface area (Å²) in [6, 6.07) is 2.14. The molecular weight excluding hydrogens is 312 g/mol. The predicted octanol–water partition coefficient (Wildman–Crippen LogP) is 2.74. The topological polar surface area (TPSA) is 69.7 Å². The van der Waals surface area contributed by atoms with Crippen LogP contribution in [0.3, 0.4) is 0 Å². The van der Waals surface area contributed by atoms with Gasteiger partial charge < -0.3 is 15.2 Å². The van der Waals surface area contributed by atoms with Gasteiger partial charge in [0.25, 0.3) is 0 Å². The molecule has 6 heteroatoms. The van der Waals surface area contributed by atoms with Gasteiger partial charge in [0.15, 0.2) is 0 Å². The summed E-state index contributed by atoms with van der Waals surface area (Å²) < 4.78 is 0. The fourth-order valence-electron chi connectivity index (χ4n) is 4.43. The van der Waals surface area contributed by atoms with Crippen molar-refractivity contribution in [1.29, 1.82) is 0 Å². The van der Waals surface area contributed by atoms with Crippen molar-refractivity contribution in [2.45, 2.75) is 31.2 Å². The monoisotopic (exact) mass is 334 g/mol. The molecule has 5 heterocycles. The molecule has 0 aromatic carbocycles. The fourth-order valence-corrected chi connectivity index (χ4v) is 4.43. The van der Waals surface area contributed by atoms with E-state index in [9.17, 15) is 0 Å². The Morgan fingerprint density at radius 3 is 2.88 bits per heavy atom.